The number of carbonyl (C=O) groups is 2. The van der Waals surface area contributed by atoms with Gasteiger partial charge in [0.1, 0.15) is 5.69 Å². The molecular formula is C11H15N3O3S. The normalized spacial score (nSPS) is 23.6. The van der Waals surface area contributed by atoms with E-state index < -0.39 is 5.97 Å². The van der Waals surface area contributed by atoms with Crippen molar-refractivity contribution in [3.05, 3.63) is 11.1 Å². The van der Waals surface area contributed by atoms with Crippen LogP contribution in [0.1, 0.15) is 36.2 Å². The molecule has 0 aliphatic heterocycles. The van der Waals surface area contributed by atoms with Crippen molar-refractivity contribution in [2.24, 2.45) is 5.92 Å². The number of carbonyl (C=O) groups excluding carboxylic acids is 1. The first-order valence-electron chi connectivity index (χ1n) is 5.81. The van der Waals surface area contributed by atoms with E-state index in [1.165, 1.54) is 11.3 Å². The third-order valence-corrected chi connectivity index (χ3v) is 3.84. The zero-order chi connectivity index (χ0) is 13.1. The topological polar surface area (TPSA) is 105 Å². The maximum Gasteiger partial charge on any atom is 0.306 e. The van der Waals surface area contributed by atoms with Gasteiger partial charge in [0.15, 0.2) is 5.13 Å². The first-order chi connectivity index (χ1) is 8.56. The molecule has 0 saturated heterocycles. The lowest BCUT2D eigenvalue weighted by Crippen LogP contribution is -2.38. The lowest BCUT2D eigenvalue weighted by Gasteiger charge is -2.26. The zero-order valence-electron chi connectivity index (χ0n) is 9.76. The number of rotatable bonds is 3. The molecule has 1 aliphatic rings. The molecule has 1 aliphatic carbocycles. The molecule has 1 saturated carbocycles. The third kappa shape index (κ3) is 2.98. The van der Waals surface area contributed by atoms with Gasteiger partial charge < -0.3 is 16.2 Å². The van der Waals surface area contributed by atoms with Gasteiger partial charge in [0.25, 0.3) is 5.91 Å². The van der Waals surface area contributed by atoms with Crippen molar-refractivity contribution in [3.63, 3.8) is 0 Å². The van der Waals surface area contributed by atoms with Gasteiger partial charge in [0.05, 0.1) is 5.92 Å². The number of aliphatic carboxylic acids is 1. The van der Waals surface area contributed by atoms with Gasteiger partial charge in [0, 0.05) is 11.4 Å². The number of amides is 1. The Kier molecular flexibility index (Phi) is 3.81. The van der Waals surface area contributed by atoms with Gasteiger partial charge in [-0.2, -0.15) is 0 Å². The van der Waals surface area contributed by atoms with Crippen LogP contribution in [0, 0.1) is 5.92 Å². The average Bonchev–Trinajstić information content (AvgIpc) is 2.76. The van der Waals surface area contributed by atoms with Crippen molar-refractivity contribution in [3.8, 4) is 0 Å². The molecule has 1 aromatic rings. The molecule has 6 nitrogen and oxygen atoms in total. The van der Waals surface area contributed by atoms with Gasteiger partial charge in [0.2, 0.25) is 0 Å². The lowest BCUT2D eigenvalue weighted by molar-refractivity contribution is -0.142. The van der Waals surface area contributed by atoms with E-state index in [2.05, 4.69) is 10.3 Å². The summed E-state index contributed by atoms with van der Waals surface area (Å²) in [6, 6.07) is 0.0380. The Morgan fingerprint density at radius 2 is 2.06 bits per heavy atom. The highest BCUT2D eigenvalue weighted by atomic mass is 32.1. The van der Waals surface area contributed by atoms with Gasteiger partial charge >= 0.3 is 5.97 Å². The minimum atomic E-state index is -0.743. The highest BCUT2D eigenvalue weighted by Crippen LogP contribution is 2.24. The molecule has 1 fully saturated rings. The summed E-state index contributed by atoms with van der Waals surface area (Å²) in [4.78, 5) is 26.5. The molecular weight excluding hydrogens is 254 g/mol. The Labute approximate surface area is 108 Å². The molecule has 4 N–H and O–H groups in total. The number of nitrogen functional groups attached to an aromatic ring is 1. The van der Waals surface area contributed by atoms with E-state index in [-0.39, 0.29) is 17.9 Å². The third-order valence-electron chi connectivity index (χ3n) is 3.17. The molecule has 2 rings (SSSR count). The lowest BCUT2D eigenvalue weighted by atomic mass is 9.86. The van der Waals surface area contributed by atoms with E-state index in [1.807, 2.05) is 0 Å². The second-order valence-corrected chi connectivity index (χ2v) is 5.32. The van der Waals surface area contributed by atoms with Crippen LogP contribution in [-0.4, -0.2) is 28.0 Å². The number of carboxylic acid groups (broad SMARTS) is 1. The van der Waals surface area contributed by atoms with Crippen LogP contribution < -0.4 is 11.1 Å². The number of carboxylic acids is 1. The Hall–Kier alpha value is -1.63. The molecule has 0 spiro atoms. The summed E-state index contributed by atoms with van der Waals surface area (Å²) in [5.41, 5.74) is 5.79. The van der Waals surface area contributed by atoms with Crippen molar-refractivity contribution in [1.29, 1.82) is 0 Å². The zero-order valence-corrected chi connectivity index (χ0v) is 10.6. The number of nitrogens with zero attached hydrogens (tertiary/aromatic N) is 1. The minimum Gasteiger partial charge on any atom is -0.481 e. The summed E-state index contributed by atoms with van der Waals surface area (Å²) in [5, 5.41) is 13.7. The molecule has 0 unspecified atom stereocenters. The van der Waals surface area contributed by atoms with E-state index in [0.29, 0.717) is 36.5 Å². The Bertz CT molecular complexity index is 452. The van der Waals surface area contributed by atoms with E-state index in [4.69, 9.17) is 10.8 Å². The van der Waals surface area contributed by atoms with E-state index >= 15 is 0 Å². The number of nitrogens with one attached hydrogen (secondary N) is 1. The summed E-state index contributed by atoms with van der Waals surface area (Å²) >= 11 is 1.23. The molecule has 0 radical (unpaired) electrons. The summed E-state index contributed by atoms with van der Waals surface area (Å²) < 4.78 is 0. The van der Waals surface area contributed by atoms with Gasteiger partial charge in [-0.25, -0.2) is 4.98 Å². The first-order valence-corrected chi connectivity index (χ1v) is 6.69. The molecule has 0 aromatic carbocycles. The second kappa shape index (κ2) is 5.34. The fraction of sp³-hybridized carbons (Fsp3) is 0.545. The SMILES string of the molecule is Nc1nc(C(=O)NC2CCC(C(=O)O)CC2)cs1. The van der Waals surface area contributed by atoms with Crippen LogP contribution in [0.25, 0.3) is 0 Å². The van der Waals surface area contributed by atoms with Crippen molar-refractivity contribution >= 4 is 28.3 Å². The number of thiazole rings is 1. The predicted octanol–water partition coefficient (Wildman–Crippen LogP) is 1.10. The Morgan fingerprint density at radius 1 is 1.39 bits per heavy atom. The largest absolute Gasteiger partial charge is 0.481 e. The molecule has 98 valence electrons. The van der Waals surface area contributed by atoms with E-state index in [0.717, 1.165) is 0 Å². The van der Waals surface area contributed by atoms with Crippen LogP contribution in [0.4, 0.5) is 5.13 Å². The average molecular weight is 269 g/mol. The maximum atomic E-state index is 11.8. The summed E-state index contributed by atoms with van der Waals surface area (Å²) in [6.07, 6.45) is 2.61. The van der Waals surface area contributed by atoms with Crippen LogP contribution in [0.5, 0.6) is 0 Å². The van der Waals surface area contributed by atoms with Gasteiger partial charge in [-0.1, -0.05) is 0 Å². The molecule has 7 heteroatoms. The van der Waals surface area contributed by atoms with E-state index in [9.17, 15) is 9.59 Å². The Morgan fingerprint density at radius 3 is 2.56 bits per heavy atom. The van der Waals surface area contributed by atoms with Gasteiger partial charge in [-0.15, -0.1) is 11.3 Å². The fourth-order valence-electron chi connectivity index (χ4n) is 2.14. The fourth-order valence-corrected chi connectivity index (χ4v) is 2.68. The number of hydrogen-bond donors (Lipinski definition) is 3. The van der Waals surface area contributed by atoms with Crippen molar-refractivity contribution in [1.82, 2.24) is 10.3 Å². The summed E-state index contributed by atoms with van der Waals surface area (Å²) in [5.74, 6) is -1.25. The number of nitrogens with two attached hydrogens (primary N) is 1. The van der Waals surface area contributed by atoms with Crippen LogP contribution in [-0.2, 0) is 4.79 Å². The van der Waals surface area contributed by atoms with Gasteiger partial charge in [-0.3, -0.25) is 9.59 Å². The summed E-state index contributed by atoms with van der Waals surface area (Å²) in [7, 11) is 0. The number of hydrogen-bond acceptors (Lipinski definition) is 5. The first kappa shape index (κ1) is 12.8. The second-order valence-electron chi connectivity index (χ2n) is 4.43. The summed E-state index contributed by atoms with van der Waals surface area (Å²) in [6.45, 7) is 0. The van der Waals surface area contributed by atoms with Crippen molar-refractivity contribution < 1.29 is 14.7 Å². The van der Waals surface area contributed by atoms with Crippen LogP contribution in [0.2, 0.25) is 0 Å². The smallest absolute Gasteiger partial charge is 0.306 e. The van der Waals surface area contributed by atoms with Crippen molar-refractivity contribution in [2.45, 2.75) is 31.7 Å². The van der Waals surface area contributed by atoms with Crippen LogP contribution in [0.3, 0.4) is 0 Å². The van der Waals surface area contributed by atoms with E-state index in [1.54, 1.807) is 5.38 Å². The number of anilines is 1. The van der Waals surface area contributed by atoms with Crippen LogP contribution >= 0.6 is 11.3 Å². The molecule has 1 heterocycles. The molecule has 1 amide bonds. The molecule has 1 aromatic heterocycles. The van der Waals surface area contributed by atoms with Gasteiger partial charge in [-0.05, 0) is 25.7 Å². The van der Waals surface area contributed by atoms with Crippen LogP contribution in [0.15, 0.2) is 5.38 Å². The predicted molar refractivity (Wildman–Crippen MR) is 67.4 cm³/mol. The maximum absolute atomic E-state index is 11.8. The highest BCUT2D eigenvalue weighted by molar-refractivity contribution is 7.13. The quantitative estimate of drug-likeness (QED) is 0.762. The number of aromatic nitrogens is 1. The van der Waals surface area contributed by atoms with Crippen molar-refractivity contribution in [2.75, 3.05) is 5.73 Å². The highest BCUT2D eigenvalue weighted by Gasteiger charge is 2.27. The molecule has 18 heavy (non-hydrogen) atoms. The molecule has 0 atom stereocenters. The standard InChI is InChI=1S/C11H15N3O3S/c12-11-14-8(5-18-11)9(15)13-7-3-1-6(2-4-7)10(16)17/h5-7H,1-4H2,(H2,12,14)(H,13,15)(H,16,17). The minimum absolute atomic E-state index is 0.0380. The monoisotopic (exact) mass is 269 g/mol. The Balaban J connectivity index is 1.85. The molecule has 0 bridgehead atoms.